The van der Waals surface area contributed by atoms with Crippen molar-refractivity contribution < 1.29 is 18.3 Å². The Morgan fingerprint density at radius 3 is 2.52 bits per heavy atom. The molecule has 2 aromatic carbocycles. The lowest BCUT2D eigenvalue weighted by Gasteiger charge is -2.19. The van der Waals surface area contributed by atoms with Gasteiger partial charge >= 0.3 is 0 Å². The van der Waals surface area contributed by atoms with Gasteiger partial charge in [-0.25, -0.2) is 8.78 Å². The standard InChI is InChI=1S/C18H15F2IN2O2/c19-10-7-15(23-14-6-5-11(21)9-13(14)20)17(18(22)24)16(8-10)25-12-3-1-2-4-12/h1-2,5-9,12,23H,3-4H2,(H2,22,24). The van der Waals surface area contributed by atoms with Crippen LogP contribution in [0.5, 0.6) is 5.75 Å². The average Bonchev–Trinajstić information content (AvgIpc) is 3.02. The Morgan fingerprint density at radius 1 is 1.16 bits per heavy atom. The van der Waals surface area contributed by atoms with E-state index < -0.39 is 17.5 Å². The molecule has 4 nitrogen and oxygen atoms in total. The van der Waals surface area contributed by atoms with Gasteiger partial charge in [0.2, 0.25) is 0 Å². The predicted molar refractivity (Wildman–Crippen MR) is 100 cm³/mol. The molecule has 0 saturated heterocycles. The van der Waals surface area contributed by atoms with E-state index in [0.29, 0.717) is 16.4 Å². The largest absolute Gasteiger partial charge is 0.489 e. The van der Waals surface area contributed by atoms with E-state index in [9.17, 15) is 13.6 Å². The number of rotatable bonds is 5. The van der Waals surface area contributed by atoms with Crippen LogP contribution in [0, 0.1) is 15.2 Å². The van der Waals surface area contributed by atoms with Crippen molar-refractivity contribution in [3.05, 3.63) is 63.3 Å². The first-order valence-corrected chi connectivity index (χ1v) is 8.69. The SMILES string of the molecule is NC(=O)c1c(Nc2ccc(I)cc2F)cc(F)cc1OC1CC=CC1. The third-order valence-corrected chi connectivity index (χ3v) is 4.44. The van der Waals surface area contributed by atoms with Crippen molar-refractivity contribution >= 4 is 39.9 Å². The second-order valence-electron chi connectivity index (χ2n) is 5.62. The topological polar surface area (TPSA) is 64.4 Å². The minimum Gasteiger partial charge on any atom is -0.489 e. The summed E-state index contributed by atoms with van der Waals surface area (Å²) in [5, 5.41) is 2.74. The molecule has 130 valence electrons. The molecule has 1 aliphatic carbocycles. The molecule has 0 spiro atoms. The van der Waals surface area contributed by atoms with Crippen LogP contribution in [0.2, 0.25) is 0 Å². The lowest BCUT2D eigenvalue weighted by molar-refractivity contribution is 0.0994. The molecule has 1 amide bonds. The monoisotopic (exact) mass is 456 g/mol. The van der Waals surface area contributed by atoms with E-state index in [1.165, 1.54) is 12.1 Å². The maximum atomic E-state index is 14.1. The normalized spacial score (nSPS) is 13.9. The quantitative estimate of drug-likeness (QED) is 0.514. The van der Waals surface area contributed by atoms with Crippen molar-refractivity contribution in [2.24, 2.45) is 5.73 Å². The first kappa shape index (κ1) is 17.7. The molecule has 0 heterocycles. The summed E-state index contributed by atoms with van der Waals surface area (Å²) >= 11 is 1.98. The van der Waals surface area contributed by atoms with Gasteiger partial charge in [-0.15, -0.1) is 0 Å². The Hall–Kier alpha value is -2.16. The number of anilines is 2. The van der Waals surface area contributed by atoms with Crippen LogP contribution in [-0.2, 0) is 0 Å². The molecular formula is C18H15F2IN2O2. The van der Waals surface area contributed by atoms with E-state index in [0.717, 1.165) is 12.1 Å². The lowest BCUT2D eigenvalue weighted by Crippen LogP contribution is -2.19. The minimum absolute atomic E-state index is 0.00810. The minimum atomic E-state index is -0.783. The Bertz CT molecular complexity index is 847. The van der Waals surface area contributed by atoms with E-state index in [1.54, 1.807) is 6.07 Å². The van der Waals surface area contributed by atoms with Gasteiger partial charge in [-0.2, -0.15) is 0 Å². The number of hydrogen-bond donors (Lipinski definition) is 2. The summed E-state index contributed by atoms with van der Waals surface area (Å²) in [6.07, 6.45) is 5.07. The molecule has 3 rings (SSSR count). The van der Waals surface area contributed by atoms with Gasteiger partial charge in [0.25, 0.3) is 5.91 Å². The fraction of sp³-hybridized carbons (Fsp3) is 0.167. The summed E-state index contributed by atoms with van der Waals surface area (Å²) in [7, 11) is 0. The van der Waals surface area contributed by atoms with Gasteiger partial charge in [-0.3, -0.25) is 4.79 Å². The molecule has 2 aromatic rings. The zero-order chi connectivity index (χ0) is 18.0. The summed E-state index contributed by atoms with van der Waals surface area (Å²) in [5.41, 5.74) is 5.63. The van der Waals surface area contributed by atoms with Crippen LogP contribution in [0.3, 0.4) is 0 Å². The summed E-state index contributed by atoms with van der Waals surface area (Å²) in [6, 6.07) is 6.74. The van der Waals surface area contributed by atoms with E-state index in [-0.39, 0.29) is 28.8 Å². The second kappa shape index (κ2) is 7.38. The Balaban J connectivity index is 1.99. The van der Waals surface area contributed by atoms with E-state index in [1.807, 2.05) is 34.7 Å². The lowest BCUT2D eigenvalue weighted by atomic mass is 10.1. The molecule has 0 saturated carbocycles. The Morgan fingerprint density at radius 2 is 1.88 bits per heavy atom. The van der Waals surface area contributed by atoms with Crippen LogP contribution in [0.25, 0.3) is 0 Å². The van der Waals surface area contributed by atoms with Gasteiger partial charge in [-0.1, -0.05) is 12.2 Å². The van der Waals surface area contributed by atoms with Crippen LogP contribution >= 0.6 is 22.6 Å². The smallest absolute Gasteiger partial charge is 0.254 e. The van der Waals surface area contributed by atoms with E-state index in [2.05, 4.69) is 5.32 Å². The maximum absolute atomic E-state index is 14.1. The molecule has 7 heteroatoms. The van der Waals surface area contributed by atoms with Gasteiger partial charge < -0.3 is 15.8 Å². The summed E-state index contributed by atoms with van der Waals surface area (Å²) in [6.45, 7) is 0. The fourth-order valence-corrected chi connectivity index (χ4v) is 3.08. The molecule has 0 unspecified atom stereocenters. The average molecular weight is 456 g/mol. The van der Waals surface area contributed by atoms with Crippen molar-refractivity contribution in [1.29, 1.82) is 0 Å². The number of carbonyl (C=O) groups excluding carboxylic acids is 1. The highest BCUT2D eigenvalue weighted by molar-refractivity contribution is 14.1. The number of halogens is 3. The van der Waals surface area contributed by atoms with Crippen molar-refractivity contribution in [3.8, 4) is 5.75 Å². The van der Waals surface area contributed by atoms with Crippen LogP contribution in [0.15, 0.2) is 42.5 Å². The second-order valence-corrected chi connectivity index (χ2v) is 6.87. The Labute approximate surface area is 157 Å². The molecular weight excluding hydrogens is 441 g/mol. The molecule has 0 radical (unpaired) electrons. The summed E-state index contributed by atoms with van der Waals surface area (Å²) in [4.78, 5) is 11.9. The van der Waals surface area contributed by atoms with E-state index in [4.69, 9.17) is 10.5 Å². The van der Waals surface area contributed by atoms with Crippen molar-refractivity contribution in [3.63, 3.8) is 0 Å². The molecule has 0 aliphatic heterocycles. The van der Waals surface area contributed by atoms with Crippen molar-refractivity contribution in [1.82, 2.24) is 0 Å². The predicted octanol–water partition coefficient (Wildman–Crippen LogP) is 4.51. The number of nitrogens with one attached hydrogen (secondary N) is 1. The molecule has 1 aliphatic rings. The highest BCUT2D eigenvalue weighted by Gasteiger charge is 2.22. The molecule has 0 bridgehead atoms. The highest BCUT2D eigenvalue weighted by Crippen LogP contribution is 2.33. The maximum Gasteiger partial charge on any atom is 0.254 e. The molecule has 0 atom stereocenters. The van der Waals surface area contributed by atoms with Gasteiger partial charge in [-0.05, 0) is 46.9 Å². The number of carbonyl (C=O) groups is 1. The third-order valence-electron chi connectivity index (χ3n) is 3.77. The van der Waals surface area contributed by atoms with Crippen molar-refractivity contribution in [2.45, 2.75) is 18.9 Å². The van der Waals surface area contributed by atoms with Crippen LogP contribution in [-0.4, -0.2) is 12.0 Å². The number of primary amides is 1. The summed E-state index contributed by atoms with van der Waals surface area (Å²) in [5.74, 6) is -1.86. The Kier molecular flexibility index (Phi) is 5.22. The zero-order valence-electron chi connectivity index (χ0n) is 13.1. The molecule has 3 N–H and O–H groups in total. The van der Waals surface area contributed by atoms with Gasteiger partial charge in [0, 0.05) is 22.5 Å². The molecule has 25 heavy (non-hydrogen) atoms. The molecule has 0 aromatic heterocycles. The zero-order valence-corrected chi connectivity index (χ0v) is 15.2. The fourth-order valence-electron chi connectivity index (χ4n) is 2.63. The number of benzene rings is 2. The van der Waals surface area contributed by atoms with Crippen LogP contribution < -0.4 is 15.8 Å². The number of amides is 1. The van der Waals surface area contributed by atoms with Crippen LogP contribution in [0.1, 0.15) is 23.2 Å². The molecule has 0 fully saturated rings. The van der Waals surface area contributed by atoms with Crippen LogP contribution in [0.4, 0.5) is 20.2 Å². The first-order valence-electron chi connectivity index (χ1n) is 7.61. The van der Waals surface area contributed by atoms with Gasteiger partial charge in [0.1, 0.15) is 29.1 Å². The highest BCUT2D eigenvalue weighted by atomic mass is 127. The van der Waals surface area contributed by atoms with Gasteiger partial charge in [0.15, 0.2) is 0 Å². The summed E-state index contributed by atoms with van der Waals surface area (Å²) < 4.78 is 34.6. The third kappa shape index (κ3) is 4.09. The number of ether oxygens (including phenoxy) is 1. The van der Waals surface area contributed by atoms with E-state index >= 15 is 0 Å². The van der Waals surface area contributed by atoms with Gasteiger partial charge in [0.05, 0.1) is 11.4 Å². The number of nitrogens with two attached hydrogens (primary N) is 1. The van der Waals surface area contributed by atoms with Crippen molar-refractivity contribution in [2.75, 3.05) is 5.32 Å². The number of hydrogen-bond acceptors (Lipinski definition) is 3. The first-order chi connectivity index (χ1) is 11.9.